The molecule has 0 aliphatic heterocycles. The molecule has 0 aliphatic rings. The van der Waals surface area contributed by atoms with Crippen LogP contribution in [0, 0.1) is 0 Å². The number of carbonyl (C=O) groups excluding carboxylic acids is 2. The van der Waals surface area contributed by atoms with Crippen LogP contribution in [0.2, 0.25) is 0 Å². The van der Waals surface area contributed by atoms with E-state index in [-0.39, 0.29) is 13.2 Å². The minimum absolute atomic E-state index is 0.201. The van der Waals surface area contributed by atoms with Crippen LogP contribution in [-0.4, -0.2) is 32.3 Å². The van der Waals surface area contributed by atoms with E-state index >= 15 is 0 Å². The van der Waals surface area contributed by atoms with Crippen LogP contribution in [0.1, 0.15) is 6.92 Å². The smallest absolute Gasteiger partial charge is 0.413 e. The van der Waals surface area contributed by atoms with Gasteiger partial charge in [0.2, 0.25) is 0 Å². The lowest BCUT2D eigenvalue weighted by Gasteiger charge is -2.08. The molecule has 0 aliphatic carbocycles. The average Bonchev–Trinajstić information content (AvgIpc) is 2.52. The highest BCUT2D eigenvalue weighted by Gasteiger charge is 2.09. The molecule has 22 heavy (non-hydrogen) atoms. The lowest BCUT2D eigenvalue weighted by molar-refractivity contribution is -0.122. The molecule has 2 amide bonds. The first kappa shape index (κ1) is 15.6. The van der Waals surface area contributed by atoms with Gasteiger partial charge in [0.1, 0.15) is 11.5 Å². The molecule has 0 bridgehead atoms. The molecule has 0 heterocycles. The van der Waals surface area contributed by atoms with Crippen molar-refractivity contribution in [1.82, 2.24) is 5.32 Å². The Morgan fingerprint density at radius 2 is 1.73 bits per heavy atom. The van der Waals surface area contributed by atoms with Crippen molar-refractivity contribution in [3.63, 3.8) is 0 Å². The maximum atomic E-state index is 11.5. The average molecular weight is 303 g/mol. The summed E-state index contributed by atoms with van der Waals surface area (Å²) in [5, 5.41) is 4.03. The van der Waals surface area contributed by atoms with Crippen molar-refractivity contribution in [2.45, 2.75) is 6.92 Å². The second-order valence-corrected chi connectivity index (χ2v) is 4.43. The summed E-state index contributed by atoms with van der Waals surface area (Å²) in [4.78, 5) is 22.6. The van der Waals surface area contributed by atoms with Crippen LogP contribution in [0.25, 0.3) is 10.8 Å². The monoisotopic (exact) mass is 303 g/mol. The van der Waals surface area contributed by atoms with E-state index < -0.39 is 12.0 Å². The number of alkyl carbamates (subject to hydrolysis) is 1. The van der Waals surface area contributed by atoms with E-state index in [2.05, 4.69) is 10.1 Å². The highest BCUT2D eigenvalue weighted by molar-refractivity contribution is 5.92. The molecule has 2 rings (SSSR count). The third kappa shape index (κ3) is 4.12. The van der Waals surface area contributed by atoms with Crippen molar-refractivity contribution in [1.29, 1.82) is 0 Å². The Hall–Kier alpha value is -2.76. The molecule has 0 radical (unpaired) electrons. The lowest BCUT2D eigenvalue weighted by Crippen LogP contribution is -2.34. The van der Waals surface area contributed by atoms with E-state index in [0.29, 0.717) is 5.75 Å². The van der Waals surface area contributed by atoms with Gasteiger partial charge in [0.05, 0.1) is 13.7 Å². The first-order chi connectivity index (χ1) is 10.6. The topological polar surface area (TPSA) is 73.9 Å². The zero-order chi connectivity index (χ0) is 15.9. The fourth-order valence-electron chi connectivity index (χ4n) is 1.89. The Morgan fingerprint density at radius 3 is 2.41 bits per heavy atom. The largest absolute Gasteiger partial charge is 0.497 e. The van der Waals surface area contributed by atoms with Gasteiger partial charge < -0.3 is 14.2 Å². The van der Waals surface area contributed by atoms with Crippen LogP contribution in [0.15, 0.2) is 36.4 Å². The molecule has 0 unspecified atom stereocenters. The first-order valence-electron chi connectivity index (χ1n) is 6.79. The van der Waals surface area contributed by atoms with Crippen molar-refractivity contribution in [3.8, 4) is 11.5 Å². The van der Waals surface area contributed by atoms with Crippen LogP contribution in [0.5, 0.6) is 11.5 Å². The van der Waals surface area contributed by atoms with Crippen LogP contribution >= 0.6 is 0 Å². The zero-order valence-electron chi connectivity index (χ0n) is 12.4. The van der Waals surface area contributed by atoms with Crippen molar-refractivity contribution in [2.24, 2.45) is 0 Å². The van der Waals surface area contributed by atoms with Crippen LogP contribution < -0.4 is 14.8 Å². The molecule has 0 saturated carbocycles. The van der Waals surface area contributed by atoms with E-state index in [1.54, 1.807) is 26.2 Å². The van der Waals surface area contributed by atoms with Gasteiger partial charge in [-0.15, -0.1) is 0 Å². The van der Waals surface area contributed by atoms with Gasteiger partial charge in [-0.25, -0.2) is 4.79 Å². The van der Waals surface area contributed by atoms with Crippen molar-refractivity contribution in [2.75, 3.05) is 20.3 Å². The molecule has 0 aromatic heterocycles. The van der Waals surface area contributed by atoms with E-state index in [4.69, 9.17) is 9.47 Å². The van der Waals surface area contributed by atoms with E-state index in [1.807, 2.05) is 24.3 Å². The number of hydrogen-bond acceptors (Lipinski definition) is 5. The number of hydrogen-bond donors (Lipinski definition) is 1. The molecular formula is C16H17NO5. The van der Waals surface area contributed by atoms with Gasteiger partial charge in [0.15, 0.2) is 6.61 Å². The second kappa shape index (κ2) is 7.31. The molecule has 0 fully saturated rings. The molecule has 6 nitrogen and oxygen atoms in total. The fourth-order valence-corrected chi connectivity index (χ4v) is 1.89. The minimum Gasteiger partial charge on any atom is -0.497 e. The SMILES string of the molecule is CCOC(=O)NC(=O)COc1ccc2ccc(OC)cc2c1. The van der Waals surface area contributed by atoms with Gasteiger partial charge in [-0.05, 0) is 42.0 Å². The molecule has 0 saturated heterocycles. The number of nitrogens with one attached hydrogen (secondary N) is 1. The molecule has 0 atom stereocenters. The molecule has 2 aromatic carbocycles. The summed E-state index contributed by atoms with van der Waals surface area (Å²) < 4.78 is 15.1. The van der Waals surface area contributed by atoms with Gasteiger partial charge in [-0.1, -0.05) is 12.1 Å². The Kier molecular flexibility index (Phi) is 5.19. The summed E-state index contributed by atoms with van der Waals surface area (Å²) in [5.41, 5.74) is 0. The molecule has 0 spiro atoms. The van der Waals surface area contributed by atoms with Crippen molar-refractivity contribution < 1.29 is 23.8 Å². The molecule has 1 N–H and O–H groups in total. The maximum Gasteiger partial charge on any atom is 0.413 e. The molecule has 116 valence electrons. The fraction of sp³-hybridized carbons (Fsp3) is 0.250. The van der Waals surface area contributed by atoms with Crippen LogP contribution in [-0.2, 0) is 9.53 Å². The third-order valence-corrected chi connectivity index (χ3v) is 2.91. The zero-order valence-corrected chi connectivity index (χ0v) is 12.4. The summed E-state index contributed by atoms with van der Waals surface area (Å²) in [6, 6.07) is 11.1. The maximum absolute atomic E-state index is 11.5. The molecular weight excluding hydrogens is 286 g/mol. The number of benzene rings is 2. The Balaban J connectivity index is 1.99. The number of fused-ring (bicyclic) bond motifs is 1. The number of methoxy groups -OCH3 is 1. The van der Waals surface area contributed by atoms with Gasteiger partial charge in [-0.2, -0.15) is 0 Å². The van der Waals surface area contributed by atoms with Gasteiger partial charge in [0, 0.05) is 0 Å². The highest BCUT2D eigenvalue weighted by Crippen LogP contribution is 2.24. The lowest BCUT2D eigenvalue weighted by atomic mass is 10.1. The molecule has 2 aromatic rings. The van der Waals surface area contributed by atoms with Crippen molar-refractivity contribution >= 4 is 22.8 Å². The Morgan fingerprint density at radius 1 is 1.05 bits per heavy atom. The summed E-state index contributed by atoms with van der Waals surface area (Å²) in [6.07, 6.45) is -0.778. The highest BCUT2D eigenvalue weighted by atomic mass is 16.5. The minimum atomic E-state index is -0.778. The standard InChI is InChI=1S/C16H17NO5/c1-3-21-16(19)17-15(18)10-22-14-7-5-11-4-6-13(20-2)8-12(11)9-14/h4-9H,3,10H2,1-2H3,(H,17,18,19). The summed E-state index contributed by atoms with van der Waals surface area (Å²) in [5.74, 6) is 0.702. The predicted molar refractivity (Wildman–Crippen MR) is 81.2 cm³/mol. The summed E-state index contributed by atoms with van der Waals surface area (Å²) in [6.45, 7) is 1.59. The van der Waals surface area contributed by atoms with Gasteiger partial charge in [0.25, 0.3) is 5.91 Å². The number of imide groups is 1. The third-order valence-electron chi connectivity index (χ3n) is 2.91. The normalized spacial score (nSPS) is 10.1. The first-order valence-corrected chi connectivity index (χ1v) is 6.79. The number of amides is 2. The summed E-state index contributed by atoms with van der Waals surface area (Å²) >= 11 is 0. The quantitative estimate of drug-likeness (QED) is 0.918. The van der Waals surface area contributed by atoms with Gasteiger partial charge >= 0.3 is 6.09 Å². The van der Waals surface area contributed by atoms with E-state index in [9.17, 15) is 9.59 Å². The van der Waals surface area contributed by atoms with Crippen molar-refractivity contribution in [3.05, 3.63) is 36.4 Å². The van der Waals surface area contributed by atoms with E-state index in [1.165, 1.54) is 0 Å². The number of ether oxygens (including phenoxy) is 3. The van der Waals surface area contributed by atoms with Crippen LogP contribution in [0.4, 0.5) is 4.79 Å². The van der Waals surface area contributed by atoms with E-state index in [0.717, 1.165) is 16.5 Å². The summed E-state index contributed by atoms with van der Waals surface area (Å²) in [7, 11) is 1.60. The Bertz CT molecular complexity index is 683. The van der Waals surface area contributed by atoms with Gasteiger partial charge in [-0.3, -0.25) is 10.1 Å². The predicted octanol–water partition coefficient (Wildman–Crippen LogP) is 2.50. The number of rotatable bonds is 5. The van der Waals surface area contributed by atoms with Crippen LogP contribution in [0.3, 0.4) is 0 Å². The number of carbonyl (C=O) groups is 2. The Labute approximate surface area is 128 Å². The molecule has 6 heteroatoms. The second-order valence-electron chi connectivity index (χ2n) is 4.43.